The normalized spacial score (nSPS) is 13.4. The van der Waals surface area contributed by atoms with E-state index in [-0.39, 0.29) is 11.7 Å². The Labute approximate surface area is 153 Å². The van der Waals surface area contributed by atoms with Crippen molar-refractivity contribution < 1.29 is 4.79 Å². The summed E-state index contributed by atoms with van der Waals surface area (Å²) in [7, 11) is 0. The molecule has 1 aliphatic rings. The van der Waals surface area contributed by atoms with Gasteiger partial charge in [0.1, 0.15) is 10.7 Å². The van der Waals surface area contributed by atoms with Gasteiger partial charge in [-0.3, -0.25) is 4.79 Å². The fraction of sp³-hybridized carbons (Fsp3) is 0.263. The van der Waals surface area contributed by atoms with Crippen molar-refractivity contribution in [3.8, 4) is 0 Å². The van der Waals surface area contributed by atoms with Crippen LogP contribution >= 0.6 is 11.3 Å². The molecule has 1 aliphatic carbocycles. The number of benzene rings is 1. The van der Waals surface area contributed by atoms with Crippen LogP contribution in [0.3, 0.4) is 0 Å². The van der Waals surface area contributed by atoms with Crippen LogP contribution in [-0.4, -0.2) is 25.5 Å². The maximum Gasteiger partial charge on any atom is 0.291 e. The second kappa shape index (κ2) is 5.88. The van der Waals surface area contributed by atoms with Crippen molar-refractivity contribution in [3.05, 3.63) is 58.0 Å². The molecule has 0 unspecified atom stereocenters. The summed E-state index contributed by atoms with van der Waals surface area (Å²) in [6.07, 6.45) is 3.34. The predicted octanol–water partition coefficient (Wildman–Crippen LogP) is 3.07. The number of nitrogens with one attached hydrogen (secondary N) is 1. The first-order valence-corrected chi connectivity index (χ1v) is 9.52. The molecule has 1 aromatic carbocycles. The number of carbonyl (C=O) groups excluding carboxylic acids is 1. The number of thiophene rings is 1. The van der Waals surface area contributed by atoms with Crippen molar-refractivity contribution in [3.63, 3.8) is 0 Å². The highest BCUT2D eigenvalue weighted by molar-refractivity contribution is 7.19. The van der Waals surface area contributed by atoms with E-state index >= 15 is 0 Å². The second-order valence-electron chi connectivity index (χ2n) is 6.54. The predicted molar refractivity (Wildman–Crippen MR) is 101 cm³/mol. The summed E-state index contributed by atoms with van der Waals surface area (Å²) < 4.78 is 1.70. The van der Waals surface area contributed by atoms with Gasteiger partial charge in [0.05, 0.1) is 5.39 Å². The molecule has 0 atom stereocenters. The third-order valence-corrected chi connectivity index (χ3v) is 5.99. The molecule has 3 aromatic heterocycles. The summed E-state index contributed by atoms with van der Waals surface area (Å²) in [6.45, 7) is 2.35. The van der Waals surface area contributed by atoms with Crippen molar-refractivity contribution in [2.24, 2.45) is 0 Å². The Morgan fingerprint density at radius 2 is 2.08 bits per heavy atom. The van der Waals surface area contributed by atoms with Gasteiger partial charge in [0.25, 0.3) is 5.91 Å². The zero-order valence-electron chi connectivity index (χ0n) is 14.3. The molecule has 26 heavy (non-hydrogen) atoms. The molecule has 6 nitrogen and oxygen atoms in total. The van der Waals surface area contributed by atoms with E-state index < -0.39 is 0 Å². The number of aromatic nitrogens is 4. The molecule has 4 aromatic rings. The zero-order valence-corrected chi connectivity index (χ0v) is 15.1. The number of amides is 1. The Morgan fingerprint density at radius 1 is 1.23 bits per heavy atom. The maximum atomic E-state index is 12.5. The van der Waals surface area contributed by atoms with Gasteiger partial charge in [-0.05, 0) is 37.3 Å². The van der Waals surface area contributed by atoms with Crippen LogP contribution in [0.15, 0.2) is 30.3 Å². The average molecular weight is 363 g/mol. The van der Waals surface area contributed by atoms with E-state index in [2.05, 4.69) is 20.4 Å². The molecule has 0 bridgehead atoms. The van der Waals surface area contributed by atoms with Crippen molar-refractivity contribution in [2.75, 3.05) is 0 Å². The number of carbonyl (C=O) groups is 1. The van der Waals surface area contributed by atoms with Gasteiger partial charge in [-0.2, -0.15) is 4.52 Å². The molecule has 130 valence electrons. The van der Waals surface area contributed by atoms with E-state index in [0.717, 1.165) is 40.1 Å². The minimum atomic E-state index is -0.267. The summed E-state index contributed by atoms with van der Waals surface area (Å²) >= 11 is 1.75. The Hall–Kier alpha value is -2.80. The van der Waals surface area contributed by atoms with Gasteiger partial charge >= 0.3 is 0 Å². The van der Waals surface area contributed by atoms with Gasteiger partial charge in [0, 0.05) is 11.4 Å². The van der Waals surface area contributed by atoms with E-state index in [1.54, 1.807) is 15.9 Å². The number of nitrogens with zero attached hydrogens (tertiary/aromatic N) is 4. The van der Waals surface area contributed by atoms with Crippen molar-refractivity contribution in [2.45, 2.75) is 32.7 Å². The van der Waals surface area contributed by atoms with Crippen LogP contribution in [0.2, 0.25) is 0 Å². The molecule has 7 heteroatoms. The largest absolute Gasteiger partial charge is 0.345 e. The van der Waals surface area contributed by atoms with E-state index in [1.807, 2.05) is 37.3 Å². The molecule has 0 radical (unpaired) electrons. The molecule has 1 amide bonds. The molecular formula is C19H17N5OS. The van der Waals surface area contributed by atoms with Crippen molar-refractivity contribution in [1.82, 2.24) is 24.9 Å². The number of rotatable bonds is 3. The second-order valence-corrected chi connectivity index (χ2v) is 7.62. The molecule has 5 rings (SSSR count). The highest BCUT2D eigenvalue weighted by Crippen LogP contribution is 2.38. The van der Waals surface area contributed by atoms with Gasteiger partial charge in [0.2, 0.25) is 5.82 Å². The quantitative estimate of drug-likeness (QED) is 0.607. The molecule has 3 heterocycles. The number of fused-ring (bicyclic) bond motifs is 5. The number of aryl methyl sites for hydroxylation is 3. The Kier molecular flexibility index (Phi) is 3.49. The average Bonchev–Trinajstić information content (AvgIpc) is 3.34. The van der Waals surface area contributed by atoms with Crippen LogP contribution in [0.5, 0.6) is 0 Å². The lowest BCUT2D eigenvalue weighted by molar-refractivity contribution is 0.0940. The Balaban J connectivity index is 1.54. The van der Waals surface area contributed by atoms with Gasteiger partial charge in [0.15, 0.2) is 5.65 Å². The van der Waals surface area contributed by atoms with E-state index in [1.165, 1.54) is 16.9 Å². The molecule has 0 saturated heterocycles. The summed E-state index contributed by atoms with van der Waals surface area (Å²) in [4.78, 5) is 24.2. The maximum absolute atomic E-state index is 12.5. The molecule has 0 fully saturated rings. The van der Waals surface area contributed by atoms with E-state index in [4.69, 9.17) is 0 Å². The van der Waals surface area contributed by atoms with Crippen LogP contribution < -0.4 is 5.32 Å². The van der Waals surface area contributed by atoms with Crippen LogP contribution in [0.4, 0.5) is 0 Å². The topological polar surface area (TPSA) is 72.2 Å². The molecular weight excluding hydrogens is 346 g/mol. The summed E-state index contributed by atoms with van der Waals surface area (Å²) in [5, 5.41) is 8.38. The minimum absolute atomic E-state index is 0.191. The molecule has 0 spiro atoms. The van der Waals surface area contributed by atoms with Gasteiger partial charge in [-0.15, -0.1) is 16.4 Å². The van der Waals surface area contributed by atoms with Gasteiger partial charge < -0.3 is 5.32 Å². The third-order valence-electron chi connectivity index (χ3n) is 4.80. The first kappa shape index (κ1) is 15.5. The monoisotopic (exact) mass is 363 g/mol. The number of hydrogen-bond donors (Lipinski definition) is 1. The van der Waals surface area contributed by atoms with E-state index in [0.29, 0.717) is 6.54 Å². The SMILES string of the molecule is Cc1nc2sc3c(c2c2nc(C(=O)NCc4ccccc4)nn12)CCC3. The Bertz CT molecular complexity index is 1150. The van der Waals surface area contributed by atoms with Crippen LogP contribution in [0.1, 0.15) is 38.9 Å². The highest BCUT2D eigenvalue weighted by Gasteiger charge is 2.24. The summed E-state index contributed by atoms with van der Waals surface area (Å²) in [5.41, 5.74) is 3.13. The lowest BCUT2D eigenvalue weighted by Crippen LogP contribution is -2.24. The smallest absolute Gasteiger partial charge is 0.291 e. The Morgan fingerprint density at radius 3 is 2.92 bits per heavy atom. The van der Waals surface area contributed by atoms with Crippen LogP contribution in [-0.2, 0) is 19.4 Å². The zero-order chi connectivity index (χ0) is 17.7. The fourth-order valence-electron chi connectivity index (χ4n) is 3.55. The minimum Gasteiger partial charge on any atom is -0.345 e. The summed E-state index contributed by atoms with van der Waals surface area (Å²) in [6, 6.07) is 9.81. The molecule has 1 N–H and O–H groups in total. The number of hydrogen-bond acceptors (Lipinski definition) is 5. The van der Waals surface area contributed by atoms with E-state index in [9.17, 15) is 4.79 Å². The molecule has 0 saturated carbocycles. The molecule has 0 aliphatic heterocycles. The first-order chi connectivity index (χ1) is 12.7. The lowest BCUT2D eigenvalue weighted by Gasteiger charge is -2.01. The summed E-state index contributed by atoms with van der Waals surface area (Å²) in [5.74, 6) is 0.676. The van der Waals surface area contributed by atoms with Gasteiger partial charge in [-0.25, -0.2) is 9.97 Å². The highest BCUT2D eigenvalue weighted by atomic mass is 32.1. The fourth-order valence-corrected chi connectivity index (χ4v) is 4.85. The van der Waals surface area contributed by atoms with Gasteiger partial charge in [-0.1, -0.05) is 30.3 Å². The van der Waals surface area contributed by atoms with Crippen molar-refractivity contribution in [1.29, 1.82) is 0 Å². The van der Waals surface area contributed by atoms with Crippen molar-refractivity contribution >= 4 is 33.1 Å². The van der Waals surface area contributed by atoms with Crippen LogP contribution in [0.25, 0.3) is 15.9 Å². The van der Waals surface area contributed by atoms with Crippen LogP contribution in [0, 0.1) is 6.92 Å². The first-order valence-electron chi connectivity index (χ1n) is 8.70. The standard InChI is InChI=1S/C19H17N5OS/c1-11-21-19-15(13-8-5-9-14(13)26-19)17-22-16(23-24(11)17)18(25)20-10-12-6-3-2-4-7-12/h2-4,6-7H,5,8-10H2,1H3,(H,20,25). The third kappa shape index (κ3) is 2.39. The lowest BCUT2D eigenvalue weighted by atomic mass is 10.2.